The van der Waals surface area contributed by atoms with E-state index in [1.165, 1.54) is 4.90 Å². The minimum atomic E-state index is -1.29. The Balaban J connectivity index is 1.33. The van der Waals surface area contributed by atoms with Crippen LogP contribution in [0.15, 0.2) is 42.5 Å². The van der Waals surface area contributed by atoms with Crippen molar-refractivity contribution < 1.29 is 23.9 Å². The molecule has 41 heavy (non-hydrogen) atoms. The average Bonchev–Trinajstić information content (AvgIpc) is 3.26. The lowest BCUT2D eigenvalue weighted by molar-refractivity contribution is -0.158. The maximum Gasteiger partial charge on any atom is 0.255 e. The van der Waals surface area contributed by atoms with Crippen molar-refractivity contribution >= 4 is 31.7 Å². The van der Waals surface area contributed by atoms with E-state index in [0.717, 1.165) is 48.4 Å². The van der Waals surface area contributed by atoms with Gasteiger partial charge in [-0.3, -0.25) is 24.1 Å². The van der Waals surface area contributed by atoms with Crippen LogP contribution in [0, 0.1) is 11.8 Å². The van der Waals surface area contributed by atoms with E-state index in [0.29, 0.717) is 30.7 Å². The summed E-state index contributed by atoms with van der Waals surface area (Å²) in [6.45, 7) is 7.48. The molecule has 2 aromatic carbocycles. The van der Waals surface area contributed by atoms with Gasteiger partial charge in [-0.1, -0.05) is 49.7 Å². The third-order valence-corrected chi connectivity index (χ3v) is 9.26. The van der Waals surface area contributed by atoms with Crippen LogP contribution >= 0.6 is 0 Å². The van der Waals surface area contributed by atoms with E-state index in [1.807, 2.05) is 24.3 Å². The average molecular weight is 574 g/mol. The van der Waals surface area contributed by atoms with E-state index in [-0.39, 0.29) is 30.9 Å². The number of piperidine rings is 1. The molecule has 4 rings (SSSR count). The van der Waals surface area contributed by atoms with Gasteiger partial charge in [-0.25, -0.2) is 0 Å². The molecule has 0 saturated carbocycles. The van der Waals surface area contributed by atoms with Crippen LogP contribution in [0.1, 0.15) is 69.5 Å². The molecule has 0 radical (unpaired) electrons. The summed E-state index contributed by atoms with van der Waals surface area (Å²) in [5.41, 5.74) is 9.15. The number of unbranched alkanes of at least 4 members (excludes halogenated alkanes) is 2. The van der Waals surface area contributed by atoms with Crippen LogP contribution in [-0.4, -0.2) is 60.9 Å². The summed E-state index contributed by atoms with van der Waals surface area (Å²) in [7, 11) is -1.29. The number of hydrogen-bond acceptors (Lipinski definition) is 5. The van der Waals surface area contributed by atoms with Crippen molar-refractivity contribution in [2.24, 2.45) is 5.73 Å². The highest BCUT2D eigenvalue weighted by molar-refractivity contribution is 6.76. The molecule has 216 valence electrons. The second-order valence-electron chi connectivity index (χ2n) is 11.9. The van der Waals surface area contributed by atoms with Crippen LogP contribution in [0.2, 0.25) is 25.7 Å². The zero-order chi connectivity index (χ0) is 29.6. The van der Waals surface area contributed by atoms with Crippen molar-refractivity contribution in [3.8, 4) is 11.8 Å². The first-order chi connectivity index (χ1) is 19.5. The van der Waals surface area contributed by atoms with Gasteiger partial charge >= 0.3 is 0 Å². The molecule has 1 atom stereocenters. The third kappa shape index (κ3) is 7.72. The first-order valence-corrected chi connectivity index (χ1v) is 18.0. The van der Waals surface area contributed by atoms with Crippen molar-refractivity contribution in [1.82, 2.24) is 9.80 Å². The van der Waals surface area contributed by atoms with Gasteiger partial charge in [0.2, 0.25) is 11.8 Å². The van der Waals surface area contributed by atoms with Crippen LogP contribution in [0.3, 0.4) is 0 Å². The predicted molar refractivity (Wildman–Crippen MR) is 160 cm³/mol. The van der Waals surface area contributed by atoms with Gasteiger partial charge in [0.1, 0.15) is 12.8 Å². The lowest BCUT2D eigenvalue weighted by Gasteiger charge is -2.35. The highest BCUT2D eigenvalue weighted by Gasteiger charge is 2.43. The van der Waals surface area contributed by atoms with Crippen LogP contribution in [0.25, 0.3) is 0 Å². The van der Waals surface area contributed by atoms with Crippen molar-refractivity contribution in [3.63, 3.8) is 0 Å². The van der Waals surface area contributed by atoms with Gasteiger partial charge in [0.15, 0.2) is 0 Å². The Morgan fingerprint density at radius 2 is 1.83 bits per heavy atom. The Morgan fingerprint density at radius 3 is 2.54 bits per heavy atom. The van der Waals surface area contributed by atoms with Crippen molar-refractivity contribution in [3.05, 3.63) is 70.3 Å². The number of nitrogens with two attached hydrogens (primary N) is 1. The number of carbonyl (C=O) groups excluding carboxylic acids is 4. The van der Waals surface area contributed by atoms with Crippen molar-refractivity contribution in [1.29, 1.82) is 0 Å². The number of imide groups is 1. The van der Waals surface area contributed by atoms with Crippen LogP contribution in [-0.2, 0) is 27.3 Å². The first-order valence-electron chi connectivity index (χ1n) is 14.3. The van der Waals surface area contributed by atoms with E-state index >= 15 is 0 Å². The van der Waals surface area contributed by atoms with Crippen LogP contribution in [0.4, 0.5) is 0 Å². The number of fused-ring (bicyclic) bond motifs is 1. The zero-order valence-electron chi connectivity index (χ0n) is 24.2. The molecule has 0 bridgehead atoms. The first kappa shape index (κ1) is 30.2. The molecular formula is C32H39N3O5Si. The van der Waals surface area contributed by atoms with Gasteiger partial charge in [0.05, 0.1) is 0 Å². The Hall–Kier alpha value is -3.74. The Bertz CT molecular complexity index is 1370. The number of ether oxygens (including phenoxy) is 1. The fourth-order valence-corrected chi connectivity index (χ4v) is 5.80. The van der Waals surface area contributed by atoms with Crippen LogP contribution in [0.5, 0.6) is 0 Å². The summed E-state index contributed by atoms with van der Waals surface area (Å²) in [5.74, 6) is 5.23. The molecule has 1 saturated heterocycles. The number of benzene rings is 2. The summed E-state index contributed by atoms with van der Waals surface area (Å²) in [6, 6.07) is 13.1. The second-order valence-corrected chi connectivity index (χ2v) is 17.5. The Labute approximate surface area is 243 Å². The maximum atomic E-state index is 13.3. The number of amides is 4. The largest absolute Gasteiger partial charge is 0.366 e. The maximum absolute atomic E-state index is 13.3. The quantitative estimate of drug-likeness (QED) is 0.186. The minimum Gasteiger partial charge on any atom is -0.366 e. The van der Waals surface area contributed by atoms with Gasteiger partial charge in [0, 0.05) is 50.8 Å². The fourth-order valence-electron chi connectivity index (χ4n) is 5.04. The highest BCUT2D eigenvalue weighted by atomic mass is 28.3. The zero-order valence-corrected chi connectivity index (χ0v) is 25.2. The molecule has 2 N–H and O–H groups in total. The van der Waals surface area contributed by atoms with Gasteiger partial charge < -0.3 is 15.4 Å². The lowest BCUT2D eigenvalue weighted by atomic mass is 10.0. The van der Waals surface area contributed by atoms with E-state index in [9.17, 15) is 19.2 Å². The summed E-state index contributed by atoms with van der Waals surface area (Å²) in [5, 5.41) is 0. The minimum absolute atomic E-state index is 0.0664. The topological polar surface area (TPSA) is 110 Å². The summed E-state index contributed by atoms with van der Waals surface area (Å²) >= 11 is 0. The smallest absolute Gasteiger partial charge is 0.255 e. The molecule has 0 spiro atoms. The Morgan fingerprint density at radius 1 is 1.07 bits per heavy atom. The molecule has 2 heterocycles. The normalized spacial score (nSPS) is 17.0. The van der Waals surface area contributed by atoms with E-state index < -0.39 is 20.0 Å². The van der Waals surface area contributed by atoms with E-state index in [2.05, 4.69) is 31.5 Å². The Kier molecular flexibility index (Phi) is 9.79. The molecule has 2 aliphatic heterocycles. The number of likely N-dealkylation sites (tertiary alicyclic amines) is 1. The molecule has 8 nitrogen and oxygen atoms in total. The van der Waals surface area contributed by atoms with Gasteiger partial charge in [-0.2, -0.15) is 0 Å². The standard InChI is InChI=1S/C32H39N3O5Si/c1-41(2,3)20-19-40-22-35-29(36)18-17-28(32(35)39)34-21-27-24(11-8-12-26(27)31(34)38)10-7-5-4-6-9-23-13-15-25(16-14-23)30(33)37/h8,11-16,28H,4-6,9,17-22H2,1-3H3,(H2,33,37). The lowest BCUT2D eigenvalue weighted by Crippen LogP contribution is -2.55. The number of aryl methyl sites for hydroxylation is 1. The molecule has 2 aromatic rings. The molecule has 2 aliphatic rings. The molecular weight excluding hydrogens is 534 g/mol. The number of rotatable bonds is 11. The number of nitrogens with zero attached hydrogens (tertiary/aromatic N) is 2. The van der Waals surface area contributed by atoms with Crippen molar-refractivity contribution in [2.75, 3.05) is 13.3 Å². The van der Waals surface area contributed by atoms with E-state index in [4.69, 9.17) is 10.5 Å². The van der Waals surface area contributed by atoms with Gasteiger partial charge in [0.25, 0.3) is 11.8 Å². The second kappa shape index (κ2) is 13.3. The molecule has 4 amide bonds. The molecule has 0 aliphatic carbocycles. The summed E-state index contributed by atoms with van der Waals surface area (Å²) < 4.78 is 5.70. The molecule has 1 unspecified atom stereocenters. The number of primary amides is 1. The number of carbonyl (C=O) groups is 4. The SMILES string of the molecule is C[Si](C)(C)CCOCN1C(=O)CCC(N2Cc3c(C#CCCCCc4ccc(C(N)=O)cc4)cccc3C2=O)C1=O. The molecule has 9 heteroatoms. The van der Waals surface area contributed by atoms with Gasteiger partial charge in [-0.15, -0.1) is 0 Å². The van der Waals surface area contributed by atoms with Gasteiger partial charge in [-0.05, 0) is 67.1 Å². The monoisotopic (exact) mass is 573 g/mol. The van der Waals surface area contributed by atoms with Crippen molar-refractivity contribution in [2.45, 2.75) is 76.8 Å². The summed E-state index contributed by atoms with van der Waals surface area (Å²) in [4.78, 5) is 53.1. The molecule has 1 fully saturated rings. The third-order valence-electron chi connectivity index (χ3n) is 7.55. The predicted octanol–water partition coefficient (Wildman–Crippen LogP) is 4.34. The molecule has 0 aromatic heterocycles. The highest BCUT2D eigenvalue weighted by Crippen LogP contribution is 2.31. The summed E-state index contributed by atoms with van der Waals surface area (Å²) in [6.07, 6.45) is 4.01. The van der Waals surface area contributed by atoms with Crippen LogP contribution < -0.4 is 5.73 Å². The fraction of sp³-hybridized carbons (Fsp3) is 0.438. The number of hydrogen-bond donors (Lipinski definition) is 1. The van der Waals surface area contributed by atoms with E-state index in [1.54, 1.807) is 23.1 Å².